The lowest BCUT2D eigenvalue weighted by Gasteiger charge is -2.12. The summed E-state index contributed by atoms with van der Waals surface area (Å²) in [6, 6.07) is 10.7. The van der Waals surface area contributed by atoms with E-state index in [0.717, 1.165) is 10.8 Å². The predicted molar refractivity (Wildman–Crippen MR) is 88.8 cm³/mol. The van der Waals surface area contributed by atoms with Crippen LogP contribution in [0.3, 0.4) is 0 Å². The van der Waals surface area contributed by atoms with Gasteiger partial charge in [-0.2, -0.15) is 0 Å². The number of rotatable bonds is 7. The Morgan fingerprint density at radius 2 is 1.95 bits per heavy atom. The number of sulfonamides is 1. The third-order valence-corrected chi connectivity index (χ3v) is 5.72. The van der Waals surface area contributed by atoms with E-state index < -0.39 is 10.0 Å². The fourth-order valence-corrected chi connectivity index (χ4v) is 4.23. The Bertz CT molecular complexity index is 699. The molecule has 21 heavy (non-hydrogen) atoms. The first-order chi connectivity index (χ1) is 10.0. The van der Waals surface area contributed by atoms with Gasteiger partial charge in [0, 0.05) is 18.0 Å². The number of nitrogens with one attached hydrogen (secondary N) is 2. The zero-order chi connectivity index (χ0) is 15.3. The minimum absolute atomic E-state index is 0.274. The molecular formula is C14H17ClN2O2S2. The van der Waals surface area contributed by atoms with Crippen LogP contribution in [0.4, 0.5) is 5.69 Å². The van der Waals surface area contributed by atoms with Crippen molar-refractivity contribution in [2.24, 2.45) is 0 Å². The molecule has 114 valence electrons. The van der Waals surface area contributed by atoms with E-state index in [9.17, 15) is 8.42 Å². The summed E-state index contributed by atoms with van der Waals surface area (Å²) in [6.07, 6.45) is 0.799. The lowest BCUT2D eigenvalue weighted by atomic mass is 10.3. The number of halogens is 1. The van der Waals surface area contributed by atoms with E-state index >= 15 is 0 Å². The van der Waals surface area contributed by atoms with Crippen LogP contribution in [0.15, 0.2) is 41.3 Å². The maximum absolute atomic E-state index is 12.1. The molecule has 0 saturated carbocycles. The Morgan fingerprint density at radius 3 is 2.62 bits per heavy atom. The summed E-state index contributed by atoms with van der Waals surface area (Å²) < 4.78 is 27.5. The van der Waals surface area contributed by atoms with Crippen molar-refractivity contribution in [3.05, 3.63) is 45.6 Å². The topological polar surface area (TPSA) is 58.2 Å². The Hall–Kier alpha value is -1.08. The van der Waals surface area contributed by atoms with Crippen LogP contribution in [-0.2, 0) is 16.4 Å². The molecule has 1 aromatic heterocycles. The number of anilines is 1. The van der Waals surface area contributed by atoms with Crippen LogP contribution in [0.2, 0.25) is 4.34 Å². The Morgan fingerprint density at radius 1 is 1.19 bits per heavy atom. The molecule has 0 aliphatic carbocycles. The fraction of sp³-hybridized carbons (Fsp3) is 0.286. The molecule has 2 N–H and O–H groups in total. The average molecular weight is 345 g/mol. The molecule has 4 nitrogen and oxygen atoms in total. The first-order valence-corrected chi connectivity index (χ1v) is 9.27. The second-order valence-corrected chi connectivity index (χ2v) is 7.92. The van der Waals surface area contributed by atoms with Crippen molar-refractivity contribution in [3.63, 3.8) is 0 Å². The van der Waals surface area contributed by atoms with E-state index in [1.165, 1.54) is 16.2 Å². The number of thiophene rings is 1. The van der Waals surface area contributed by atoms with Crippen molar-refractivity contribution in [2.45, 2.75) is 18.2 Å². The van der Waals surface area contributed by atoms with Crippen molar-refractivity contribution < 1.29 is 8.42 Å². The highest BCUT2D eigenvalue weighted by Crippen LogP contribution is 2.23. The monoisotopic (exact) mass is 344 g/mol. The normalized spacial score (nSPS) is 11.5. The summed E-state index contributed by atoms with van der Waals surface area (Å²) >= 11 is 7.42. The maximum Gasteiger partial charge on any atom is 0.242 e. The average Bonchev–Trinajstić information content (AvgIpc) is 2.85. The quantitative estimate of drug-likeness (QED) is 0.809. The minimum atomic E-state index is -3.46. The van der Waals surface area contributed by atoms with Crippen LogP contribution in [0, 0.1) is 0 Å². The van der Waals surface area contributed by atoms with E-state index in [1.54, 1.807) is 25.1 Å². The van der Waals surface area contributed by atoms with Crippen molar-refractivity contribution in [2.75, 3.05) is 18.4 Å². The lowest BCUT2D eigenvalue weighted by molar-refractivity contribution is 0.584. The van der Waals surface area contributed by atoms with Crippen molar-refractivity contribution in [1.29, 1.82) is 0 Å². The van der Waals surface area contributed by atoms with Gasteiger partial charge in [0.1, 0.15) is 4.90 Å². The van der Waals surface area contributed by atoms with Gasteiger partial charge in [0.15, 0.2) is 0 Å². The van der Waals surface area contributed by atoms with Crippen molar-refractivity contribution >= 4 is 38.6 Å². The van der Waals surface area contributed by atoms with E-state index in [-0.39, 0.29) is 4.90 Å². The third kappa shape index (κ3) is 4.44. The highest BCUT2D eigenvalue weighted by atomic mass is 35.5. The standard InChI is InChI=1S/C14H17ClN2O2S2/c1-2-17-21(18,19)13-6-4-3-5-12(13)16-10-9-11-7-8-14(15)20-11/h3-8,16-17H,2,9-10H2,1H3. The number of benzene rings is 1. The summed E-state index contributed by atoms with van der Waals surface area (Å²) in [5, 5.41) is 3.18. The minimum Gasteiger partial charge on any atom is -0.384 e. The first-order valence-electron chi connectivity index (χ1n) is 6.59. The highest BCUT2D eigenvalue weighted by molar-refractivity contribution is 7.89. The van der Waals surface area contributed by atoms with Crippen LogP contribution in [0.5, 0.6) is 0 Å². The maximum atomic E-state index is 12.1. The predicted octanol–water partition coefficient (Wildman–Crippen LogP) is 3.35. The molecule has 2 rings (SSSR count). The van der Waals surface area contributed by atoms with Crippen LogP contribution in [0.1, 0.15) is 11.8 Å². The molecule has 0 saturated heterocycles. The van der Waals surface area contributed by atoms with Crippen LogP contribution in [0.25, 0.3) is 0 Å². The molecule has 1 heterocycles. The van der Waals surface area contributed by atoms with Gasteiger partial charge in [0.05, 0.1) is 10.0 Å². The summed E-state index contributed by atoms with van der Waals surface area (Å²) in [5.41, 5.74) is 0.612. The SMILES string of the molecule is CCNS(=O)(=O)c1ccccc1NCCc1ccc(Cl)s1. The summed E-state index contributed by atoms with van der Waals surface area (Å²) in [4.78, 5) is 1.44. The van der Waals surface area contributed by atoms with Gasteiger partial charge < -0.3 is 5.32 Å². The molecule has 0 spiro atoms. The largest absolute Gasteiger partial charge is 0.384 e. The summed E-state index contributed by atoms with van der Waals surface area (Å²) in [6.45, 7) is 2.77. The zero-order valence-corrected chi connectivity index (χ0v) is 14.0. The second-order valence-electron chi connectivity index (χ2n) is 4.38. The highest BCUT2D eigenvalue weighted by Gasteiger charge is 2.16. The van der Waals surface area contributed by atoms with Gasteiger partial charge in [-0.1, -0.05) is 30.7 Å². The molecule has 2 aromatic rings. The molecule has 0 atom stereocenters. The lowest BCUT2D eigenvalue weighted by Crippen LogP contribution is -2.24. The molecule has 0 aliphatic rings. The molecule has 0 radical (unpaired) electrons. The van der Waals surface area contributed by atoms with Gasteiger partial charge in [-0.15, -0.1) is 11.3 Å². The smallest absolute Gasteiger partial charge is 0.242 e. The van der Waals surface area contributed by atoms with Crippen molar-refractivity contribution in [1.82, 2.24) is 4.72 Å². The number of hydrogen-bond acceptors (Lipinski definition) is 4. The van der Waals surface area contributed by atoms with Gasteiger partial charge in [-0.3, -0.25) is 0 Å². The van der Waals surface area contributed by atoms with Crippen LogP contribution in [-0.4, -0.2) is 21.5 Å². The summed E-state index contributed by atoms with van der Waals surface area (Å²) in [7, 11) is -3.46. The Labute approximate surface area is 134 Å². The van der Waals surface area contributed by atoms with E-state index in [2.05, 4.69) is 10.0 Å². The number of hydrogen-bond donors (Lipinski definition) is 2. The fourth-order valence-electron chi connectivity index (χ4n) is 1.92. The van der Waals surface area contributed by atoms with Gasteiger partial charge in [0.25, 0.3) is 0 Å². The number of para-hydroxylation sites is 1. The van der Waals surface area contributed by atoms with Crippen LogP contribution >= 0.6 is 22.9 Å². The molecular weight excluding hydrogens is 328 g/mol. The molecule has 0 bridgehead atoms. The Kier molecular flexibility index (Phi) is 5.64. The van der Waals surface area contributed by atoms with Gasteiger partial charge >= 0.3 is 0 Å². The van der Waals surface area contributed by atoms with E-state index in [4.69, 9.17) is 11.6 Å². The van der Waals surface area contributed by atoms with Gasteiger partial charge in [-0.05, 0) is 30.7 Å². The van der Waals surface area contributed by atoms with Gasteiger partial charge in [0.2, 0.25) is 10.0 Å². The van der Waals surface area contributed by atoms with Crippen molar-refractivity contribution in [3.8, 4) is 0 Å². The zero-order valence-electron chi connectivity index (χ0n) is 11.6. The van der Waals surface area contributed by atoms with E-state index in [0.29, 0.717) is 18.8 Å². The summed E-state index contributed by atoms with van der Waals surface area (Å²) in [5.74, 6) is 0. The van der Waals surface area contributed by atoms with E-state index in [1.807, 2.05) is 18.2 Å². The molecule has 0 unspecified atom stereocenters. The Balaban J connectivity index is 2.06. The van der Waals surface area contributed by atoms with Gasteiger partial charge in [-0.25, -0.2) is 13.1 Å². The third-order valence-electron chi connectivity index (χ3n) is 2.83. The second kappa shape index (κ2) is 7.26. The molecule has 1 aromatic carbocycles. The molecule has 0 aliphatic heterocycles. The first kappa shape index (κ1) is 16.3. The molecule has 0 amide bonds. The van der Waals surface area contributed by atoms with Crippen LogP contribution < -0.4 is 10.0 Å². The molecule has 0 fully saturated rings. The molecule has 7 heteroatoms.